The maximum absolute atomic E-state index is 12.4. The van der Waals surface area contributed by atoms with Crippen molar-refractivity contribution in [1.82, 2.24) is 5.32 Å². The highest BCUT2D eigenvalue weighted by atomic mass is 16.5. The lowest BCUT2D eigenvalue weighted by atomic mass is 9.83. The van der Waals surface area contributed by atoms with Crippen molar-refractivity contribution in [2.45, 2.75) is 33.1 Å². The molecule has 0 aliphatic carbocycles. The van der Waals surface area contributed by atoms with Crippen LogP contribution in [-0.4, -0.2) is 30.6 Å². The third-order valence-corrected chi connectivity index (χ3v) is 3.65. The quantitative estimate of drug-likeness (QED) is 0.843. The molecule has 0 spiro atoms. The van der Waals surface area contributed by atoms with E-state index in [9.17, 15) is 9.59 Å². The number of benzene rings is 1. The average molecular weight is 293 g/mol. The highest BCUT2D eigenvalue weighted by molar-refractivity contribution is 5.88. The van der Waals surface area contributed by atoms with Crippen molar-refractivity contribution in [3.05, 3.63) is 29.8 Å². The number of hydrogen-bond donors (Lipinski definition) is 2. The molecule has 0 aliphatic heterocycles. The van der Waals surface area contributed by atoms with E-state index < -0.39 is 16.8 Å². The van der Waals surface area contributed by atoms with Crippen LogP contribution in [0.2, 0.25) is 0 Å². The minimum Gasteiger partial charge on any atom is -0.497 e. The molecule has 0 saturated heterocycles. The first-order valence-electron chi connectivity index (χ1n) is 6.77. The van der Waals surface area contributed by atoms with Crippen molar-refractivity contribution < 1.29 is 19.4 Å². The van der Waals surface area contributed by atoms with Gasteiger partial charge in [-0.3, -0.25) is 9.59 Å². The largest absolute Gasteiger partial charge is 0.497 e. The van der Waals surface area contributed by atoms with Crippen LogP contribution in [0.25, 0.3) is 0 Å². The Morgan fingerprint density at radius 2 is 1.67 bits per heavy atom. The smallest absolute Gasteiger partial charge is 0.310 e. The molecule has 5 nitrogen and oxygen atoms in total. The molecule has 5 heteroatoms. The van der Waals surface area contributed by atoms with Crippen LogP contribution in [0, 0.1) is 5.41 Å². The van der Waals surface area contributed by atoms with Gasteiger partial charge in [-0.05, 0) is 45.4 Å². The van der Waals surface area contributed by atoms with Gasteiger partial charge in [0.2, 0.25) is 5.91 Å². The maximum Gasteiger partial charge on any atom is 0.310 e. The summed E-state index contributed by atoms with van der Waals surface area (Å²) in [5, 5.41) is 11.8. The molecule has 0 unspecified atom stereocenters. The molecule has 2 N–H and O–H groups in total. The monoisotopic (exact) mass is 293 g/mol. The predicted molar refractivity (Wildman–Crippen MR) is 80.4 cm³/mol. The lowest BCUT2D eigenvalue weighted by Crippen LogP contribution is -2.45. The summed E-state index contributed by atoms with van der Waals surface area (Å²) in [5.41, 5.74) is -0.902. The Labute approximate surface area is 125 Å². The van der Waals surface area contributed by atoms with E-state index in [4.69, 9.17) is 9.84 Å². The van der Waals surface area contributed by atoms with Crippen LogP contribution >= 0.6 is 0 Å². The number of rotatable bonds is 6. The minimum atomic E-state index is -0.994. The third-order valence-electron chi connectivity index (χ3n) is 3.65. The number of carbonyl (C=O) groups excluding carboxylic acids is 1. The molecular formula is C16H23NO4. The first kappa shape index (κ1) is 17.0. The lowest BCUT2D eigenvalue weighted by Gasteiger charge is -2.27. The van der Waals surface area contributed by atoms with Crippen LogP contribution in [0.15, 0.2) is 24.3 Å². The van der Waals surface area contributed by atoms with Gasteiger partial charge in [-0.25, -0.2) is 0 Å². The molecule has 116 valence electrons. The van der Waals surface area contributed by atoms with Gasteiger partial charge in [0.05, 0.1) is 17.9 Å². The number of hydrogen-bond acceptors (Lipinski definition) is 3. The molecule has 0 radical (unpaired) electrons. The molecule has 1 aromatic carbocycles. The van der Waals surface area contributed by atoms with Crippen LogP contribution in [0.5, 0.6) is 5.75 Å². The first-order valence-corrected chi connectivity index (χ1v) is 6.77. The summed E-state index contributed by atoms with van der Waals surface area (Å²) < 4.78 is 5.10. The van der Waals surface area contributed by atoms with Crippen LogP contribution in [0.4, 0.5) is 0 Å². The summed E-state index contributed by atoms with van der Waals surface area (Å²) in [6, 6.07) is 7.26. The van der Waals surface area contributed by atoms with Crippen molar-refractivity contribution in [1.29, 1.82) is 0 Å². The van der Waals surface area contributed by atoms with Gasteiger partial charge in [0.25, 0.3) is 0 Å². The molecule has 0 bridgehead atoms. The van der Waals surface area contributed by atoms with E-state index in [0.29, 0.717) is 0 Å². The number of carboxylic acid groups (broad SMARTS) is 1. The fourth-order valence-electron chi connectivity index (χ4n) is 1.74. The normalized spacial score (nSPS) is 11.9. The fourth-order valence-corrected chi connectivity index (χ4v) is 1.74. The highest BCUT2D eigenvalue weighted by Gasteiger charge is 2.33. The zero-order chi connectivity index (χ0) is 16.3. The van der Waals surface area contributed by atoms with Crippen molar-refractivity contribution in [2.75, 3.05) is 13.7 Å². The Morgan fingerprint density at radius 3 is 2.10 bits per heavy atom. The Bertz CT molecular complexity index is 518. The van der Waals surface area contributed by atoms with E-state index in [-0.39, 0.29) is 12.5 Å². The molecule has 1 amide bonds. The molecular weight excluding hydrogens is 270 g/mol. The van der Waals surface area contributed by atoms with Gasteiger partial charge < -0.3 is 15.2 Å². The molecule has 0 aromatic heterocycles. The average Bonchev–Trinajstić information content (AvgIpc) is 2.44. The molecule has 0 fully saturated rings. The molecule has 21 heavy (non-hydrogen) atoms. The summed E-state index contributed by atoms with van der Waals surface area (Å²) in [4.78, 5) is 23.4. The van der Waals surface area contributed by atoms with Crippen LogP contribution in [-0.2, 0) is 15.0 Å². The number of aliphatic carboxylic acids is 1. The highest BCUT2D eigenvalue weighted by Crippen LogP contribution is 2.26. The van der Waals surface area contributed by atoms with Crippen LogP contribution in [0.3, 0.4) is 0 Å². The van der Waals surface area contributed by atoms with E-state index >= 15 is 0 Å². The molecule has 0 atom stereocenters. The SMILES string of the molecule is COc1ccc(C(C)(C)C(=O)NCC(C)(C)C(=O)O)cc1. The number of methoxy groups -OCH3 is 1. The lowest BCUT2D eigenvalue weighted by molar-refractivity contribution is -0.146. The van der Waals surface area contributed by atoms with Gasteiger partial charge in [0, 0.05) is 6.54 Å². The second-order valence-corrected chi connectivity index (χ2v) is 6.23. The minimum absolute atomic E-state index is 0.0841. The van der Waals surface area contributed by atoms with Gasteiger partial charge in [-0.2, -0.15) is 0 Å². The van der Waals surface area contributed by atoms with E-state index in [1.54, 1.807) is 46.9 Å². The molecule has 1 rings (SSSR count). The van der Waals surface area contributed by atoms with Gasteiger partial charge in [0.1, 0.15) is 5.75 Å². The standard InChI is InChI=1S/C16H23NO4/c1-15(2,14(19)20)10-17-13(18)16(3,4)11-6-8-12(21-5)9-7-11/h6-9H,10H2,1-5H3,(H,17,18)(H,19,20). The van der Waals surface area contributed by atoms with Crippen molar-refractivity contribution >= 4 is 11.9 Å². The van der Waals surface area contributed by atoms with E-state index in [1.807, 2.05) is 12.1 Å². The topological polar surface area (TPSA) is 75.6 Å². The van der Waals surface area contributed by atoms with Crippen molar-refractivity contribution in [3.63, 3.8) is 0 Å². The van der Waals surface area contributed by atoms with Crippen LogP contribution in [0.1, 0.15) is 33.3 Å². The number of carboxylic acids is 1. The molecule has 1 aromatic rings. The third kappa shape index (κ3) is 3.97. The Hall–Kier alpha value is -2.04. The van der Waals surface area contributed by atoms with Gasteiger partial charge >= 0.3 is 5.97 Å². The van der Waals surface area contributed by atoms with Crippen molar-refractivity contribution in [3.8, 4) is 5.75 Å². The van der Waals surface area contributed by atoms with E-state index in [2.05, 4.69) is 5.32 Å². The number of amides is 1. The predicted octanol–water partition coefficient (Wildman–Crippen LogP) is 2.20. The van der Waals surface area contributed by atoms with Crippen molar-refractivity contribution in [2.24, 2.45) is 5.41 Å². The maximum atomic E-state index is 12.4. The Kier molecular flexibility index (Phi) is 4.99. The number of carbonyl (C=O) groups is 2. The Balaban J connectivity index is 2.81. The summed E-state index contributed by atoms with van der Waals surface area (Å²) in [6.45, 7) is 6.85. The Morgan fingerprint density at radius 1 is 1.14 bits per heavy atom. The zero-order valence-corrected chi connectivity index (χ0v) is 13.2. The van der Waals surface area contributed by atoms with E-state index in [1.165, 1.54) is 0 Å². The summed E-state index contributed by atoms with van der Waals surface area (Å²) in [6.07, 6.45) is 0. The summed E-state index contributed by atoms with van der Waals surface area (Å²) in [7, 11) is 1.58. The van der Waals surface area contributed by atoms with Gasteiger partial charge in [-0.1, -0.05) is 12.1 Å². The molecule has 0 saturated carbocycles. The van der Waals surface area contributed by atoms with E-state index in [0.717, 1.165) is 11.3 Å². The number of nitrogens with one attached hydrogen (secondary N) is 1. The summed E-state index contributed by atoms with van der Waals surface area (Å²) in [5.74, 6) is -0.422. The zero-order valence-electron chi connectivity index (χ0n) is 13.2. The fraction of sp³-hybridized carbons (Fsp3) is 0.500. The second kappa shape index (κ2) is 6.16. The van der Waals surface area contributed by atoms with Crippen LogP contribution < -0.4 is 10.1 Å². The van der Waals surface area contributed by atoms with Gasteiger partial charge in [-0.15, -0.1) is 0 Å². The second-order valence-electron chi connectivity index (χ2n) is 6.23. The van der Waals surface area contributed by atoms with Gasteiger partial charge in [0.15, 0.2) is 0 Å². The first-order chi connectivity index (χ1) is 9.61. The molecule has 0 aliphatic rings. The molecule has 0 heterocycles. The summed E-state index contributed by atoms with van der Waals surface area (Å²) >= 11 is 0. The number of ether oxygens (including phenoxy) is 1.